The van der Waals surface area contributed by atoms with Crippen LogP contribution in [0.2, 0.25) is 0 Å². The van der Waals surface area contributed by atoms with Crippen LogP contribution in [0.15, 0.2) is 32.5 Å². The highest BCUT2D eigenvalue weighted by molar-refractivity contribution is 9.13. The largest absolute Gasteiger partial charge is 0.493 e. The summed E-state index contributed by atoms with van der Waals surface area (Å²) >= 11 is 8.45. The molecular formula is C14H12Br2O2S. The first-order chi connectivity index (χ1) is 9.15. The van der Waals surface area contributed by atoms with Crippen LogP contribution in [0, 0.1) is 0 Å². The molecule has 0 aliphatic carbocycles. The number of benzene rings is 1. The van der Waals surface area contributed by atoms with Gasteiger partial charge in [0.25, 0.3) is 0 Å². The van der Waals surface area contributed by atoms with Crippen molar-refractivity contribution in [3.8, 4) is 5.75 Å². The van der Waals surface area contributed by atoms with Crippen LogP contribution in [0.5, 0.6) is 5.75 Å². The maximum absolute atomic E-state index is 10.5. The highest BCUT2D eigenvalue weighted by atomic mass is 79.9. The van der Waals surface area contributed by atoms with Crippen molar-refractivity contribution in [2.45, 2.75) is 18.9 Å². The lowest BCUT2D eigenvalue weighted by atomic mass is 10.00. The number of halogens is 2. The van der Waals surface area contributed by atoms with Gasteiger partial charge < -0.3 is 9.84 Å². The summed E-state index contributed by atoms with van der Waals surface area (Å²) in [7, 11) is 0. The zero-order chi connectivity index (χ0) is 13.4. The minimum atomic E-state index is -0.583. The van der Waals surface area contributed by atoms with E-state index in [4.69, 9.17) is 4.74 Å². The standard InChI is InChI=1S/C14H12Br2O2S/c15-10-7-12(19-14(10)16)13(17)9-3-4-11-8(6-9)2-1-5-18-11/h3-4,6-7,13,17H,1-2,5H2. The van der Waals surface area contributed by atoms with Crippen molar-refractivity contribution in [1.82, 2.24) is 0 Å². The van der Waals surface area contributed by atoms with E-state index in [-0.39, 0.29) is 0 Å². The normalized spacial score (nSPS) is 15.7. The van der Waals surface area contributed by atoms with Gasteiger partial charge in [-0.2, -0.15) is 0 Å². The van der Waals surface area contributed by atoms with Crippen LogP contribution in [-0.4, -0.2) is 11.7 Å². The third-order valence-corrected chi connectivity index (χ3v) is 6.49. The molecule has 2 heterocycles. The minimum Gasteiger partial charge on any atom is -0.493 e. The number of aliphatic hydroxyl groups is 1. The summed E-state index contributed by atoms with van der Waals surface area (Å²) < 4.78 is 7.58. The van der Waals surface area contributed by atoms with Crippen LogP contribution in [0.1, 0.15) is 28.5 Å². The fourth-order valence-corrected chi connectivity index (χ4v) is 4.32. The molecule has 1 atom stereocenters. The summed E-state index contributed by atoms with van der Waals surface area (Å²) in [5.74, 6) is 0.954. The van der Waals surface area contributed by atoms with E-state index in [0.29, 0.717) is 0 Å². The topological polar surface area (TPSA) is 29.5 Å². The van der Waals surface area contributed by atoms with Gasteiger partial charge in [-0.05, 0) is 74.0 Å². The molecule has 0 radical (unpaired) electrons. The molecule has 1 unspecified atom stereocenters. The van der Waals surface area contributed by atoms with E-state index in [2.05, 4.69) is 37.9 Å². The van der Waals surface area contributed by atoms with E-state index >= 15 is 0 Å². The van der Waals surface area contributed by atoms with E-state index in [1.165, 1.54) is 5.56 Å². The zero-order valence-electron chi connectivity index (χ0n) is 10.0. The second-order valence-corrected chi connectivity index (χ2v) is 7.75. The van der Waals surface area contributed by atoms with Crippen molar-refractivity contribution in [3.63, 3.8) is 0 Å². The van der Waals surface area contributed by atoms with Gasteiger partial charge in [-0.3, -0.25) is 0 Å². The van der Waals surface area contributed by atoms with Gasteiger partial charge in [-0.15, -0.1) is 11.3 Å². The molecule has 1 N–H and O–H groups in total. The fourth-order valence-electron chi connectivity index (χ4n) is 2.21. The number of aryl methyl sites for hydroxylation is 1. The number of rotatable bonds is 2. The number of ether oxygens (including phenoxy) is 1. The molecule has 1 aliphatic heterocycles. The van der Waals surface area contributed by atoms with Crippen LogP contribution < -0.4 is 4.74 Å². The summed E-state index contributed by atoms with van der Waals surface area (Å²) in [6, 6.07) is 7.91. The lowest BCUT2D eigenvalue weighted by Crippen LogP contribution is -2.09. The summed E-state index contributed by atoms with van der Waals surface area (Å²) in [5, 5.41) is 10.5. The molecule has 0 saturated carbocycles. The van der Waals surface area contributed by atoms with Gasteiger partial charge in [0.2, 0.25) is 0 Å². The molecule has 0 bridgehead atoms. The second-order valence-electron chi connectivity index (χ2n) is 4.49. The maximum Gasteiger partial charge on any atom is 0.122 e. The second kappa shape index (κ2) is 5.56. The summed E-state index contributed by atoms with van der Waals surface area (Å²) in [4.78, 5) is 0.926. The minimum absolute atomic E-state index is 0.583. The van der Waals surface area contributed by atoms with E-state index in [1.807, 2.05) is 18.2 Å². The third-order valence-electron chi connectivity index (χ3n) is 3.18. The summed E-state index contributed by atoms with van der Waals surface area (Å²) in [6.45, 7) is 0.791. The SMILES string of the molecule is OC(c1ccc2c(c1)CCCO2)c1cc(Br)c(Br)s1. The number of fused-ring (bicyclic) bond motifs is 1. The van der Waals surface area contributed by atoms with Gasteiger partial charge in [-0.1, -0.05) is 6.07 Å². The molecule has 2 nitrogen and oxygen atoms in total. The average molecular weight is 404 g/mol. The molecule has 0 amide bonds. The van der Waals surface area contributed by atoms with Gasteiger partial charge in [0, 0.05) is 9.35 Å². The first-order valence-corrected chi connectivity index (χ1v) is 8.44. The Morgan fingerprint density at radius 3 is 2.84 bits per heavy atom. The molecule has 0 spiro atoms. The molecule has 1 aromatic heterocycles. The predicted molar refractivity (Wildman–Crippen MR) is 84.0 cm³/mol. The molecular weight excluding hydrogens is 392 g/mol. The van der Waals surface area contributed by atoms with E-state index in [0.717, 1.165) is 43.9 Å². The van der Waals surface area contributed by atoms with Crippen molar-refractivity contribution in [2.75, 3.05) is 6.61 Å². The Balaban J connectivity index is 1.93. The lowest BCUT2D eigenvalue weighted by Gasteiger charge is -2.19. The monoisotopic (exact) mass is 402 g/mol. The van der Waals surface area contributed by atoms with E-state index in [9.17, 15) is 5.11 Å². The molecule has 5 heteroatoms. The summed E-state index contributed by atoms with van der Waals surface area (Å²) in [6.07, 6.45) is 1.48. The third kappa shape index (κ3) is 2.75. The predicted octanol–water partition coefficient (Wildman–Crippen LogP) is 4.68. The number of hydrogen-bond acceptors (Lipinski definition) is 3. The first-order valence-electron chi connectivity index (χ1n) is 6.03. The Morgan fingerprint density at radius 1 is 1.26 bits per heavy atom. The van der Waals surface area contributed by atoms with Crippen LogP contribution in [0.25, 0.3) is 0 Å². The highest BCUT2D eigenvalue weighted by Crippen LogP contribution is 2.38. The number of hydrogen-bond donors (Lipinski definition) is 1. The molecule has 100 valence electrons. The fraction of sp³-hybridized carbons (Fsp3) is 0.286. The zero-order valence-corrected chi connectivity index (χ0v) is 14.0. The van der Waals surface area contributed by atoms with Crippen molar-refractivity contribution in [1.29, 1.82) is 0 Å². The molecule has 3 rings (SSSR count). The number of thiophene rings is 1. The van der Waals surface area contributed by atoms with Gasteiger partial charge in [0.15, 0.2) is 0 Å². The van der Waals surface area contributed by atoms with Crippen LogP contribution in [0.4, 0.5) is 0 Å². The van der Waals surface area contributed by atoms with E-state index in [1.54, 1.807) is 11.3 Å². The van der Waals surface area contributed by atoms with Gasteiger partial charge in [0.1, 0.15) is 11.9 Å². The van der Waals surface area contributed by atoms with Crippen LogP contribution in [-0.2, 0) is 6.42 Å². The summed E-state index contributed by atoms with van der Waals surface area (Å²) in [5.41, 5.74) is 2.11. The van der Waals surface area contributed by atoms with E-state index < -0.39 is 6.10 Å². The van der Waals surface area contributed by atoms with Crippen LogP contribution >= 0.6 is 43.2 Å². The lowest BCUT2D eigenvalue weighted by molar-refractivity contribution is 0.223. The first kappa shape index (κ1) is 13.6. The maximum atomic E-state index is 10.5. The van der Waals surface area contributed by atoms with Crippen molar-refractivity contribution >= 4 is 43.2 Å². The van der Waals surface area contributed by atoms with Gasteiger partial charge >= 0.3 is 0 Å². The van der Waals surface area contributed by atoms with Crippen molar-refractivity contribution < 1.29 is 9.84 Å². The molecule has 0 fully saturated rings. The smallest absolute Gasteiger partial charge is 0.122 e. The van der Waals surface area contributed by atoms with Gasteiger partial charge in [0.05, 0.1) is 10.4 Å². The van der Waals surface area contributed by atoms with Crippen molar-refractivity contribution in [3.05, 3.63) is 48.5 Å². The Morgan fingerprint density at radius 2 is 2.11 bits per heavy atom. The molecule has 1 aliphatic rings. The molecule has 1 aromatic carbocycles. The number of aliphatic hydroxyl groups excluding tert-OH is 1. The Bertz CT molecular complexity index is 590. The van der Waals surface area contributed by atoms with Crippen LogP contribution in [0.3, 0.4) is 0 Å². The molecule has 2 aromatic rings. The Hall–Kier alpha value is -0.360. The van der Waals surface area contributed by atoms with Gasteiger partial charge in [-0.25, -0.2) is 0 Å². The molecule has 19 heavy (non-hydrogen) atoms. The Labute approximate surface area is 132 Å². The Kier molecular flexibility index (Phi) is 3.98. The molecule has 0 saturated heterocycles. The average Bonchev–Trinajstić information content (AvgIpc) is 2.77. The van der Waals surface area contributed by atoms with Crippen molar-refractivity contribution in [2.24, 2.45) is 0 Å². The quantitative estimate of drug-likeness (QED) is 0.788. The highest BCUT2D eigenvalue weighted by Gasteiger charge is 2.18.